The van der Waals surface area contributed by atoms with Crippen molar-refractivity contribution in [1.82, 2.24) is 15.2 Å². The van der Waals surface area contributed by atoms with E-state index in [2.05, 4.69) is 35.1 Å². The van der Waals surface area contributed by atoms with Crippen LogP contribution in [0.3, 0.4) is 0 Å². The molecule has 144 valence electrons. The molecule has 1 aliphatic rings. The molecule has 2 atom stereocenters. The zero-order chi connectivity index (χ0) is 19.1. The van der Waals surface area contributed by atoms with Crippen molar-refractivity contribution in [3.63, 3.8) is 0 Å². The van der Waals surface area contributed by atoms with E-state index in [9.17, 15) is 4.39 Å². The van der Waals surface area contributed by atoms with Crippen molar-refractivity contribution in [2.45, 2.75) is 32.5 Å². The van der Waals surface area contributed by atoms with Gasteiger partial charge in [0.1, 0.15) is 11.9 Å². The van der Waals surface area contributed by atoms with Gasteiger partial charge in [0.2, 0.25) is 0 Å². The molecule has 1 N–H and O–H groups in total. The second-order valence-corrected chi connectivity index (χ2v) is 6.74. The SMILES string of the molecule is CCNC(=NCCc1cccnc1)N1CC(C)OC(c2ccc(F)cc2)C1. The summed E-state index contributed by atoms with van der Waals surface area (Å²) in [5, 5.41) is 3.39. The summed E-state index contributed by atoms with van der Waals surface area (Å²) in [5.41, 5.74) is 2.16. The number of guanidine groups is 1. The van der Waals surface area contributed by atoms with Gasteiger partial charge in [-0.2, -0.15) is 0 Å². The maximum atomic E-state index is 13.2. The van der Waals surface area contributed by atoms with E-state index in [0.717, 1.165) is 31.0 Å². The van der Waals surface area contributed by atoms with Gasteiger partial charge in [-0.05, 0) is 49.6 Å². The van der Waals surface area contributed by atoms with Crippen LogP contribution in [0.4, 0.5) is 4.39 Å². The van der Waals surface area contributed by atoms with Crippen LogP contribution in [0.2, 0.25) is 0 Å². The molecule has 27 heavy (non-hydrogen) atoms. The van der Waals surface area contributed by atoms with Gasteiger partial charge in [0.15, 0.2) is 5.96 Å². The number of morpholine rings is 1. The van der Waals surface area contributed by atoms with E-state index in [1.165, 1.54) is 17.7 Å². The van der Waals surface area contributed by atoms with Gasteiger partial charge in [0.05, 0.1) is 12.6 Å². The smallest absolute Gasteiger partial charge is 0.194 e. The summed E-state index contributed by atoms with van der Waals surface area (Å²) in [6.45, 7) is 7.09. The Hall–Kier alpha value is -2.47. The average Bonchev–Trinajstić information content (AvgIpc) is 2.68. The van der Waals surface area contributed by atoms with Crippen LogP contribution >= 0.6 is 0 Å². The van der Waals surface area contributed by atoms with Crippen LogP contribution in [0.15, 0.2) is 53.8 Å². The first kappa shape index (κ1) is 19.3. The molecule has 6 heteroatoms. The molecule has 2 aromatic rings. The molecular weight excluding hydrogens is 343 g/mol. The summed E-state index contributed by atoms with van der Waals surface area (Å²) >= 11 is 0. The second kappa shape index (κ2) is 9.46. The van der Waals surface area contributed by atoms with Crippen molar-refractivity contribution in [3.8, 4) is 0 Å². The first-order valence-electron chi connectivity index (χ1n) is 9.48. The summed E-state index contributed by atoms with van der Waals surface area (Å²) in [6.07, 6.45) is 4.47. The van der Waals surface area contributed by atoms with Gasteiger partial charge in [-0.1, -0.05) is 18.2 Å². The molecule has 0 saturated carbocycles. The molecule has 0 bridgehead atoms. The maximum absolute atomic E-state index is 13.2. The fourth-order valence-corrected chi connectivity index (χ4v) is 3.25. The van der Waals surface area contributed by atoms with Crippen LogP contribution in [-0.2, 0) is 11.2 Å². The minimum absolute atomic E-state index is 0.0657. The number of aromatic nitrogens is 1. The predicted molar refractivity (Wildman–Crippen MR) is 105 cm³/mol. The van der Waals surface area contributed by atoms with Crippen LogP contribution in [0.5, 0.6) is 0 Å². The Morgan fingerprint density at radius 1 is 1.30 bits per heavy atom. The van der Waals surface area contributed by atoms with Crippen LogP contribution < -0.4 is 5.32 Å². The number of rotatable bonds is 5. The van der Waals surface area contributed by atoms with Crippen molar-refractivity contribution in [3.05, 3.63) is 65.7 Å². The highest BCUT2D eigenvalue weighted by Gasteiger charge is 2.28. The van der Waals surface area contributed by atoms with E-state index in [1.54, 1.807) is 18.3 Å². The minimum Gasteiger partial charge on any atom is -0.367 e. The van der Waals surface area contributed by atoms with Gasteiger partial charge >= 0.3 is 0 Å². The third-order valence-electron chi connectivity index (χ3n) is 4.52. The first-order chi connectivity index (χ1) is 13.2. The third-order valence-corrected chi connectivity index (χ3v) is 4.52. The highest BCUT2D eigenvalue weighted by atomic mass is 19.1. The van der Waals surface area contributed by atoms with E-state index in [4.69, 9.17) is 9.73 Å². The average molecular weight is 370 g/mol. The Morgan fingerprint density at radius 3 is 2.81 bits per heavy atom. The molecule has 3 rings (SSSR count). The number of nitrogens with zero attached hydrogens (tertiary/aromatic N) is 3. The number of hydrogen-bond acceptors (Lipinski definition) is 3. The van der Waals surface area contributed by atoms with E-state index < -0.39 is 0 Å². The lowest BCUT2D eigenvalue weighted by molar-refractivity contribution is -0.0605. The van der Waals surface area contributed by atoms with Crippen LogP contribution in [0.1, 0.15) is 31.1 Å². The number of ether oxygens (including phenoxy) is 1. The number of hydrogen-bond donors (Lipinski definition) is 1. The van der Waals surface area contributed by atoms with Gasteiger partial charge in [-0.3, -0.25) is 9.98 Å². The van der Waals surface area contributed by atoms with Gasteiger partial charge < -0.3 is 15.0 Å². The van der Waals surface area contributed by atoms with Gasteiger partial charge in [-0.15, -0.1) is 0 Å². The van der Waals surface area contributed by atoms with E-state index in [-0.39, 0.29) is 18.0 Å². The largest absolute Gasteiger partial charge is 0.367 e. The van der Waals surface area contributed by atoms with Crippen molar-refractivity contribution in [2.75, 3.05) is 26.2 Å². The number of nitrogens with one attached hydrogen (secondary N) is 1. The van der Waals surface area contributed by atoms with Gasteiger partial charge in [-0.25, -0.2) is 4.39 Å². The Labute approximate surface area is 160 Å². The van der Waals surface area contributed by atoms with E-state index in [0.29, 0.717) is 13.1 Å². The summed E-state index contributed by atoms with van der Waals surface area (Å²) in [6, 6.07) is 10.6. The molecule has 5 nitrogen and oxygen atoms in total. The highest BCUT2D eigenvalue weighted by molar-refractivity contribution is 5.80. The van der Waals surface area contributed by atoms with Gasteiger partial charge in [0.25, 0.3) is 0 Å². The van der Waals surface area contributed by atoms with Gasteiger partial charge in [0, 0.05) is 32.0 Å². The molecular formula is C21H27FN4O. The summed E-state index contributed by atoms with van der Waals surface area (Å²) in [5.74, 6) is 0.661. The van der Waals surface area contributed by atoms with Crippen LogP contribution in [-0.4, -0.2) is 48.1 Å². The molecule has 0 amide bonds. The van der Waals surface area contributed by atoms with E-state index in [1.807, 2.05) is 12.3 Å². The molecule has 1 aliphatic heterocycles. The minimum atomic E-state index is -0.232. The summed E-state index contributed by atoms with van der Waals surface area (Å²) in [7, 11) is 0. The fraction of sp³-hybridized carbons (Fsp3) is 0.429. The normalized spacial score (nSPS) is 20.6. The predicted octanol–water partition coefficient (Wildman–Crippen LogP) is 3.19. The molecule has 1 fully saturated rings. The Kier molecular flexibility index (Phi) is 6.76. The zero-order valence-corrected chi connectivity index (χ0v) is 15.9. The first-order valence-corrected chi connectivity index (χ1v) is 9.48. The molecule has 2 unspecified atom stereocenters. The van der Waals surface area contributed by atoms with E-state index >= 15 is 0 Å². The summed E-state index contributed by atoms with van der Waals surface area (Å²) in [4.78, 5) is 11.2. The Morgan fingerprint density at radius 2 is 2.11 bits per heavy atom. The molecule has 0 spiro atoms. The molecule has 1 aromatic carbocycles. The summed E-state index contributed by atoms with van der Waals surface area (Å²) < 4.78 is 19.3. The zero-order valence-electron chi connectivity index (χ0n) is 15.9. The number of benzene rings is 1. The molecule has 0 radical (unpaired) electrons. The van der Waals surface area contributed by atoms with Crippen LogP contribution in [0, 0.1) is 5.82 Å². The quantitative estimate of drug-likeness (QED) is 0.649. The molecule has 1 aromatic heterocycles. The lowest BCUT2D eigenvalue weighted by Gasteiger charge is -2.38. The molecule has 1 saturated heterocycles. The van der Waals surface area contributed by atoms with Crippen LogP contribution in [0.25, 0.3) is 0 Å². The number of pyridine rings is 1. The lowest BCUT2D eigenvalue weighted by atomic mass is 10.1. The maximum Gasteiger partial charge on any atom is 0.194 e. The highest BCUT2D eigenvalue weighted by Crippen LogP contribution is 2.25. The number of halogens is 1. The Bertz CT molecular complexity index is 736. The monoisotopic (exact) mass is 370 g/mol. The standard InChI is InChI=1S/C21H27FN4O/c1-3-24-21(25-12-10-17-5-4-11-23-13-17)26-14-16(2)27-20(15-26)18-6-8-19(22)9-7-18/h4-9,11,13,16,20H,3,10,12,14-15H2,1-2H3,(H,24,25). The lowest BCUT2D eigenvalue weighted by Crippen LogP contribution is -2.50. The van der Waals surface area contributed by atoms with Crippen molar-refractivity contribution < 1.29 is 9.13 Å². The third kappa shape index (κ3) is 5.50. The van der Waals surface area contributed by atoms with Crippen molar-refractivity contribution in [1.29, 1.82) is 0 Å². The second-order valence-electron chi connectivity index (χ2n) is 6.74. The van der Waals surface area contributed by atoms with Crippen molar-refractivity contribution >= 4 is 5.96 Å². The fourth-order valence-electron chi connectivity index (χ4n) is 3.25. The number of aliphatic imine (C=N–C) groups is 1. The van der Waals surface area contributed by atoms with Crippen molar-refractivity contribution in [2.24, 2.45) is 4.99 Å². The molecule has 2 heterocycles. The Balaban J connectivity index is 1.69. The molecule has 0 aliphatic carbocycles. The topological polar surface area (TPSA) is 49.8 Å².